The third-order valence-corrected chi connectivity index (χ3v) is 2.85. The van der Waals surface area contributed by atoms with E-state index in [0.29, 0.717) is 19.6 Å². The molecule has 0 spiro atoms. The van der Waals surface area contributed by atoms with Crippen LogP contribution >= 0.6 is 0 Å². The summed E-state index contributed by atoms with van der Waals surface area (Å²) in [6, 6.07) is 10.0. The number of hydrogen-bond donors (Lipinski definition) is 2. The lowest BCUT2D eigenvalue weighted by Crippen LogP contribution is -2.42. The average molecular weight is 263 g/mol. The summed E-state index contributed by atoms with van der Waals surface area (Å²) in [5.41, 5.74) is 3.35. The number of aliphatic imine (C=N–C) groups is 1. The highest BCUT2D eigenvalue weighted by Gasteiger charge is 2.16. The van der Waals surface area contributed by atoms with Crippen molar-refractivity contribution in [2.24, 2.45) is 4.99 Å². The molecule has 7 heteroatoms. The number of benzene rings is 1. The fraction of sp³-hybridized carbons (Fsp3) is 0.417. The van der Waals surface area contributed by atoms with Crippen LogP contribution in [0.5, 0.6) is 0 Å². The minimum absolute atomic E-state index is 0.305. The molecule has 0 aromatic heterocycles. The number of hydrogen-bond acceptors (Lipinski definition) is 5. The van der Waals surface area contributed by atoms with Gasteiger partial charge in [-0.1, -0.05) is 30.3 Å². The normalized spacial score (nSPS) is 14.1. The molecule has 1 aromatic carbocycles. The summed E-state index contributed by atoms with van der Waals surface area (Å²) in [4.78, 5) is 16.6. The molecule has 0 radical (unpaired) electrons. The maximum atomic E-state index is 10.2. The summed E-state index contributed by atoms with van der Waals surface area (Å²) in [6.07, 6.45) is 0. The molecule has 0 aliphatic carbocycles. The van der Waals surface area contributed by atoms with E-state index in [4.69, 9.17) is 0 Å². The van der Waals surface area contributed by atoms with Crippen molar-refractivity contribution in [3.05, 3.63) is 46.0 Å². The van der Waals surface area contributed by atoms with E-state index in [1.54, 1.807) is 0 Å². The van der Waals surface area contributed by atoms with Gasteiger partial charge in [-0.3, -0.25) is 4.99 Å². The molecule has 1 heterocycles. The van der Waals surface area contributed by atoms with Crippen LogP contribution in [-0.2, 0) is 6.54 Å². The van der Waals surface area contributed by atoms with E-state index in [1.165, 1.54) is 5.56 Å². The summed E-state index contributed by atoms with van der Waals surface area (Å²) in [7, 11) is 0. The maximum Gasteiger partial charge on any atom is 0.194 e. The van der Waals surface area contributed by atoms with Crippen molar-refractivity contribution in [2.75, 3.05) is 26.2 Å². The maximum absolute atomic E-state index is 10.2. The molecule has 0 bridgehead atoms. The van der Waals surface area contributed by atoms with E-state index in [1.807, 2.05) is 35.2 Å². The van der Waals surface area contributed by atoms with Gasteiger partial charge in [0.1, 0.15) is 0 Å². The monoisotopic (exact) mass is 263 g/mol. The van der Waals surface area contributed by atoms with Crippen LogP contribution in [0.2, 0.25) is 0 Å². The van der Waals surface area contributed by atoms with Crippen molar-refractivity contribution in [3.63, 3.8) is 0 Å². The van der Waals surface area contributed by atoms with Gasteiger partial charge >= 0.3 is 0 Å². The molecule has 0 amide bonds. The van der Waals surface area contributed by atoms with Crippen LogP contribution in [0.1, 0.15) is 5.56 Å². The van der Waals surface area contributed by atoms with Gasteiger partial charge in [0.25, 0.3) is 0 Å². The first-order valence-electron chi connectivity index (χ1n) is 6.21. The van der Waals surface area contributed by atoms with Gasteiger partial charge in [0, 0.05) is 19.6 Å². The SMILES string of the molecule is O=[N+]([O-])NCCN1CCN=C1NCc1ccccc1. The Morgan fingerprint density at radius 1 is 1.37 bits per heavy atom. The summed E-state index contributed by atoms with van der Waals surface area (Å²) in [5, 5.41) is 12.9. The molecule has 1 aliphatic heterocycles. The fourth-order valence-corrected chi connectivity index (χ4v) is 1.92. The number of hydrazine groups is 1. The highest BCUT2D eigenvalue weighted by Crippen LogP contribution is 2.02. The molecule has 102 valence electrons. The summed E-state index contributed by atoms with van der Waals surface area (Å²) in [6.45, 7) is 3.12. The van der Waals surface area contributed by atoms with Crippen LogP contribution in [0.15, 0.2) is 35.3 Å². The molecule has 1 aromatic rings. The minimum atomic E-state index is -0.524. The van der Waals surface area contributed by atoms with E-state index in [-0.39, 0.29) is 0 Å². The molecule has 0 unspecified atom stereocenters. The van der Waals surface area contributed by atoms with E-state index >= 15 is 0 Å². The van der Waals surface area contributed by atoms with Crippen LogP contribution in [0.3, 0.4) is 0 Å². The van der Waals surface area contributed by atoms with Crippen LogP contribution in [0.4, 0.5) is 0 Å². The Bertz CT molecular complexity index is 449. The summed E-state index contributed by atoms with van der Waals surface area (Å²) >= 11 is 0. The van der Waals surface area contributed by atoms with Crippen molar-refractivity contribution in [3.8, 4) is 0 Å². The standard InChI is InChI=1S/C12H17N5O2/c18-17(19)15-7-9-16-8-6-13-12(16)14-10-11-4-2-1-3-5-11/h1-5,15H,6-10H2,(H,13,14). The molecule has 0 saturated carbocycles. The Balaban J connectivity index is 1.77. The summed E-state index contributed by atoms with van der Waals surface area (Å²) in [5.74, 6) is 0.814. The Labute approximate surface area is 111 Å². The lowest BCUT2D eigenvalue weighted by molar-refractivity contribution is -0.544. The largest absolute Gasteiger partial charge is 0.352 e. The average Bonchev–Trinajstić information content (AvgIpc) is 2.85. The lowest BCUT2D eigenvalue weighted by Gasteiger charge is -2.20. The van der Waals surface area contributed by atoms with Crippen LogP contribution in [-0.4, -0.2) is 42.1 Å². The van der Waals surface area contributed by atoms with E-state index < -0.39 is 5.03 Å². The molecular formula is C12H17N5O2. The number of nitro groups is 1. The van der Waals surface area contributed by atoms with Gasteiger partial charge in [-0.2, -0.15) is 0 Å². The molecule has 2 rings (SSSR count). The van der Waals surface area contributed by atoms with Gasteiger partial charge < -0.3 is 10.2 Å². The molecule has 0 fully saturated rings. The Hall–Kier alpha value is -2.31. The van der Waals surface area contributed by atoms with Crippen molar-refractivity contribution >= 4 is 5.96 Å². The van der Waals surface area contributed by atoms with Crippen LogP contribution in [0, 0.1) is 10.1 Å². The van der Waals surface area contributed by atoms with Gasteiger partial charge in [0.05, 0.1) is 13.1 Å². The second kappa shape index (κ2) is 6.58. The van der Waals surface area contributed by atoms with Gasteiger partial charge in [-0.25, -0.2) is 10.1 Å². The Morgan fingerprint density at radius 3 is 2.89 bits per heavy atom. The van der Waals surface area contributed by atoms with Crippen molar-refractivity contribution < 1.29 is 5.03 Å². The topological polar surface area (TPSA) is 82.8 Å². The Morgan fingerprint density at radius 2 is 2.16 bits per heavy atom. The number of nitrogens with one attached hydrogen (secondary N) is 2. The fourth-order valence-electron chi connectivity index (χ4n) is 1.92. The molecule has 0 saturated heterocycles. The first kappa shape index (κ1) is 13.1. The zero-order valence-corrected chi connectivity index (χ0v) is 10.6. The number of guanidine groups is 1. The minimum Gasteiger partial charge on any atom is -0.352 e. The third-order valence-electron chi connectivity index (χ3n) is 2.85. The second-order valence-corrected chi connectivity index (χ2v) is 4.20. The van der Waals surface area contributed by atoms with Crippen molar-refractivity contribution in [2.45, 2.75) is 6.54 Å². The highest BCUT2D eigenvalue weighted by molar-refractivity contribution is 5.81. The molecule has 2 N–H and O–H groups in total. The molecule has 0 atom stereocenters. The van der Waals surface area contributed by atoms with E-state index in [2.05, 4.69) is 15.7 Å². The van der Waals surface area contributed by atoms with Crippen molar-refractivity contribution in [1.82, 2.24) is 15.6 Å². The molecule has 19 heavy (non-hydrogen) atoms. The first-order chi connectivity index (χ1) is 9.25. The lowest BCUT2D eigenvalue weighted by atomic mass is 10.2. The quantitative estimate of drug-likeness (QED) is 0.567. The third kappa shape index (κ3) is 4.13. The summed E-state index contributed by atoms with van der Waals surface area (Å²) < 4.78 is 0. The Kier molecular flexibility index (Phi) is 4.54. The van der Waals surface area contributed by atoms with E-state index in [9.17, 15) is 10.1 Å². The van der Waals surface area contributed by atoms with Gasteiger partial charge in [0.15, 0.2) is 11.0 Å². The van der Waals surface area contributed by atoms with Crippen LogP contribution < -0.4 is 10.7 Å². The molecule has 7 nitrogen and oxygen atoms in total. The zero-order chi connectivity index (χ0) is 13.5. The number of rotatable bonds is 6. The van der Waals surface area contributed by atoms with Gasteiger partial charge in [-0.05, 0) is 5.56 Å². The predicted molar refractivity (Wildman–Crippen MR) is 72.2 cm³/mol. The van der Waals surface area contributed by atoms with E-state index in [0.717, 1.165) is 19.0 Å². The van der Waals surface area contributed by atoms with Crippen molar-refractivity contribution in [1.29, 1.82) is 0 Å². The predicted octanol–water partition coefficient (Wildman–Crippen LogP) is 0.229. The zero-order valence-electron chi connectivity index (χ0n) is 10.6. The number of nitrogens with zero attached hydrogens (tertiary/aromatic N) is 3. The van der Waals surface area contributed by atoms with Gasteiger partial charge in [-0.15, -0.1) is 5.43 Å². The smallest absolute Gasteiger partial charge is 0.194 e. The highest BCUT2D eigenvalue weighted by atomic mass is 16.7. The molecule has 1 aliphatic rings. The molecular weight excluding hydrogens is 246 g/mol. The first-order valence-corrected chi connectivity index (χ1v) is 6.21. The van der Waals surface area contributed by atoms with Gasteiger partial charge in [0.2, 0.25) is 0 Å². The second-order valence-electron chi connectivity index (χ2n) is 4.20. The van der Waals surface area contributed by atoms with Crippen LogP contribution in [0.25, 0.3) is 0 Å².